The SMILES string of the molecule is CC1(C)c2ccccc2C(C)(C)c2cc(N3c4cc5c(cc4B4c6cc7c(cc6N(c6ccc8c(c6)C(C)(C)c6ccccc6C8(C)C)c6cc(C8CCCCC8)cc3c64)C(C)(C)c3ccccc3C7(C)C)C(C)(C)c3ccccc3C5(C)C)ccc21. The van der Waals surface area contributed by atoms with Gasteiger partial charge in [-0.05, 0) is 178 Å². The van der Waals surface area contributed by atoms with Crippen molar-refractivity contribution in [1.82, 2.24) is 0 Å². The maximum Gasteiger partial charge on any atom is 0.252 e. The third-order valence-electron chi connectivity index (χ3n) is 24.4. The van der Waals surface area contributed by atoms with Gasteiger partial charge in [0.2, 0.25) is 0 Å². The fourth-order valence-electron chi connectivity index (χ4n) is 19.3. The molecular formula is C84H87BN2. The first-order valence-electron chi connectivity index (χ1n) is 33.1. The van der Waals surface area contributed by atoms with E-state index >= 15 is 0 Å². The van der Waals surface area contributed by atoms with Gasteiger partial charge in [-0.3, -0.25) is 0 Å². The zero-order chi connectivity index (χ0) is 60.7. The molecule has 2 heterocycles. The van der Waals surface area contributed by atoms with Crippen LogP contribution in [0.25, 0.3) is 0 Å². The van der Waals surface area contributed by atoms with Gasteiger partial charge < -0.3 is 9.80 Å². The molecule has 0 aromatic heterocycles. The van der Waals surface area contributed by atoms with E-state index in [4.69, 9.17) is 0 Å². The van der Waals surface area contributed by atoms with Crippen LogP contribution < -0.4 is 26.2 Å². The first-order valence-corrected chi connectivity index (χ1v) is 33.1. The quantitative estimate of drug-likeness (QED) is 0.163. The van der Waals surface area contributed by atoms with Crippen LogP contribution in [-0.2, 0) is 43.3 Å². The van der Waals surface area contributed by atoms with Gasteiger partial charge in [0, 0.05) is 77.4 Å². The molecule has 5 aliphatic carbocycles. The highest BCUT2D eigenvalue weighted by Gasteiger charge is 2.52. The van der Waals surface area contributed by atoms with Crippen LogP contribution in [0.1, 0.15) is 243 Å². The number of fused-ring (bicyclic) bond motifs is 12. The second-order valence-electron chi connectivity index (χ2n) is 32.0. The second-order valence-corrected chi connectivity index (χ2v) is 32.0. The normalized spacial score (nSPS) is 20.6. The first kappa shape index (κ1) is 55.0. The predicted octanol–water partition coefficient (Wildman–Crippen LogP) is 19.7. The lowest BCUT2D eigenvalue weighted by Crippen LogP contribution is -2.62. The van der Waals surface area contributed by atoms with Gasteiger partial charge in [0.15, 0.2) is 0 Å². The zero-order valence-electron chi connectivity index (χ0n) is 54.8. The summed E-state index contributed by atoms with van der Waals surface area (Å²) in [5, 5.41) is 0. The molecule has 3 heteroatoms. The number of hydrogen-bond donors (Lipinski definition) is 0. The van der Waals surface area contributed by atoms with Crippen LogP contribution in [0, 0.1) is 0 Å². The Hall–Kier alpha value is -7.36. The van der Waals surface area contributed by atoms with Crippen LogP contribution in [0.3, 0.4) is 0 Å². The molecule has 0 atom stereocenters. The molecule has 87 heavy (non-hydrogen) atoms. The zero-order valence-corrected chi connectivity index (χ0v) is 54.8. The molecule has 1 fully saturated rings. The molecule has 9 aromatic carbocycles. The average Bonchev–Trinajstić information content (AvgIpc) is 0.697. The predicted molar refractivity (Wildman–Crippen MR) is 369 cm³/mol. The lowest BCUT2D eigenvalue weighted by Gasteiger charge is -2.50. The van der Waals surface area contributed by atoms with Crippen molar-refractivity contribution >= 4 is 57.2 Å². The summed E-state index contributed by atoms with van der Waals surface area (Å²) in [6.07, 6.45) is 6.27. The van der Waals surface area contributed by atoms with Crippen LogP contribution in [0.4, 0.5) is 34.1 Å². The van der Waals surface area contributed by atoms with E-state index in [-0.39, 0.29) is 50.0 Å². The first-order chi connectivity index (χ1) is 41.2. The van der Waals surface area contributed by atoms with Gasteiger partial charge in [0.1, 0.15) is 0 Å². The minimum Gasteiger partial charge on any atom is -0.311 e. The molecule has 0 spiro atoms. The molecule has 7 aliphatic rings. The Balaban J connectivity index is 1.05. The summed E-state index contributed by atoms with van der Waals surface area (Å²) in [6, 6.07) is 69.0. The number of rotatable bonds is 3. The lowest BCUT2D eigenvalue weighted by atomic mass is 9.32. The van der Waals surface area contributed by atoms with Crippen molar-refractivity contribution in [3.63, 3.8) is 0 Å². The minimum absolute atomic E-state index is 0.0598. The maximum absolute atomic E-state index is 2.80. The van der Waals surface area contributed by atoms with Crippen molar-refractivity contribution in [3.8, 4) is 0 Å². The standard InChI is InChI=1S/C84H87BN2/c1-77(2)54-30-20-22-32-56(54)79(5,6)64-44-52(38-40-62(64)77)86-72-48-68-66(81(9,10)58-34-24-26-36-60(58)83(68,13)14)46-70(72)85-71-47-67-69(84(15,16)61-37-27-25-35-59(61)82(67,11)12)49-73(71)87(75-43-51(42-74(86)76(75)85)50-28-18-17-19-29-50)53-39-41-63-65(45-53)80(7,8)57-33-23-21-31-55(57)78(63,3)4/h20-27,30-50H,17-19,28-29H2,1-16H3. The van der Waals surface area contributed by atoms with E-state index in [1.54, 1.807) is 0 Å². The molecule has 0 radical (unpaired) electrons. The van der Waals surface area contributed by atoms with Gasteiger partial charge >= 0.3 is 0 Å². The summed E-state index contributed by atoms with van der Waals surface area (Å²) >= 11 is 0. The third kappa shape index (κ3) is 7.12. The third-order valence-corrected chi connectivity index (χ3v) is 24.4. The molecule has 16 rings (SSSR count). The molecular weight excluding hydrogens is 1050 g/mol. The number of benzene rings is 9. The van der Waals surface area contributed by atoms with Crippen molar-refractivity contribution in [2.45, 2.75) is 192 Å². The minimum atomic E-state index is -0.249. The van der Waals surface area contributed by atoms with Gasteiger partial charge in [-0.15, -0.1) is 0 Å². The van der Waals surface area contributed by atoms with Gasteiger partial charge in [-0.25, -0.2) is 0 Å². The van der Waals surface area contributed by atoms with Crippen molar-refractivity contribution in [2.75, 3.05) is 9.80 Å². The molecule has 2 aliphatic heterocycles. The molecule has 0 saturated heterocycles. The molecule has 9 aromatic rings. The van der Waals surface area contributed by atoms with E-state index in [1.807, 2.05) is 0 Å². The number of hydrogen-bond acceptors (Lipinski definition) is 2. The summed E-state index contributed by atoms with van der Waals surface area (Å²) in [6.45, 7) is 39.6. The molecule has 0 amide bonds. The van der Waals surface area contributed by atoms with E-state index in [1.165, 1.54) is 177 Å². The highest BCUT2D eigenvalue weighted by Crippen LogP contribution is 2.59. The second kappa shape index (κ2) is 17.7. The average molecular weight is 1140 g/mol. The van der Waals surface area contributed by atoms with E-state index in [2.05, 4.69) is 290 Å². The van der Waals surface area contributed by atoms with Gasteiger partial charge in [0.25, 0.3) is 6.71 Å². The van der Waals surface area contributed by atoms with Gasteiger partial charge in [-0.2, -0.15) is 0 Å². The molecule has 1 saturated carbocycles. The Morgan fingerprint density at radius 1 is 0.276 bits per heavy atom. The van der Waals surface area contributed by atoms with Crippen LogP contribution in [0.5, 0.6) is 0 Å². The Morgan fingerprint density at radius 3 is 0.851 bits per heavy atom. The van der Waals surface area contributed by atoms with Crippen molar-refractivity contribution in [2.24, 2.45) is 0 Å². The van der Waals surface area contributed by atoms with Crippen molar-refractivity contribution < 1.29 is 0 Å². The number of anilines is 6. The monoisotopic (exact) mass is 1130 g/mol. The number of nitrogens with zero attached hydrogens (tertiary/aromatic N) is 2. The summed E-state index contributed by atoms with van der Waals surface area (Å²) in [7, 11) is 0. The van der Waals surface area contributed by atoms with E-state index in [0.29, 0.717) is 5.92 Å². The van der Waals surface area contributed by atoms with E-state index < -0.39 is 0 Å². The largest absolute Gasteiger partial charge is 0.311 e. The van der Waals surface area contributed by atoms with Crippen molar-refractivity contribution in [3.05, 3.63) is 264 Å². The van der Waals surface area contributed by atoms with Crippen molar-refractivity contribution in [1.29, 1.82) is 0 Å². The summed E-state index contributed by atoms with van der Waals surface area (Å²) in [4.78, 5) is 5.59. The Kier molecular flexibility index (Phi) is 11.2. The van der Waals surface area contributed by atoms with E-state index in [0.717, 1.165) is 0 Å². The van der Waals surface area contributed by atoms with Gasteiger partial charge in [-0.1, -0.05) is 251 Å². The molecule has 436 valence electrons. The Bertz CT molecular complexity index is 4200. The molecule has 0 bridgehead atoms. The fraction of sp³-hybridized carbons (Fsp3) is 0.357. The summed E-state index contributed by atoms with van der Waals surface area (Å²) in [5.74, 6) is 0.462. The summed E-state index contributed by atoms with van der Waals surface area (Å²) in [5.41, 5.74) is 34.6. The van der Waals surface area contributed by atoms with Crippen LogP contribution in [0.2, 0.25) is 0 Å². The molecule has 0 unspecified atom stereocenters. The van der Waals surface area contributed by atoms with Crippen LogP contribution >= 0.6 is 0 Å². The summed E-state index contributed by atoms with van der Waals surface area (Å²) < 4.78 is 0. The lowest BCUT2D eigenvalue weighted by molar-refractivity contribution is 0.444. The smallest absolute Gasteiger partial charge is 0.252 e. The van der Waals surface area contributed by atoms with Crippen LogP contribution in [0.15, 0.2) is 170 Å². The van der Waals surface area contributed by atoms with Gasteiger partial charge in [0.05, 0.1) is 0 Å². The Morgan fingerprint density at radius 2 is 0.540 bits per heavy atom. The van der Waals surface area contributed by atoms with E-state index in [9.17, 15) is 0 Å². The Labute approximate surface area is 520 Å². The fourth-order valence-corrected chi connectivity index (χ4v) is 19.3. The maximum atomic E-state index is 2.80. The van der Waals surface area contributed by atoms with Crippen LogP contribution in [-0.4, -0.2) is 6.71 Å². The highest BCUT2D eigenvalue weighted by atomic mass is 15.2. The highest BCUT2D eigenvalue weighted by molar-refractivity contribution is 7.00. The molecule has 2 nitrogen and oxygen atoms in total. The topological polar surface area (TPSA) is 6.48 Å². The molecule has 0 N–H and O–H groups in total.